The highest BCUT2D eigenvalue weighted by atomic mass is 19.4. The summed E-state index contributed by atoms with van der Waals surface area (Å²) in [4.78, 5) is 41.7. The second-order valence-corrected chi connectivity index (χ2v) is 7.97. The fourth-order valence-corrected chi connectivity index (χ4v) is 5.17. The molecule has 5 nitrogen and oxygen atoms in total. The van der Waals surface area contributed by atoms with Crippen molar-refractivity contribution in [3.05, 3.63) is 71.4 Å². The number of carbonyl (C=O) groups is 3. The van der Waals surface area contributed by atoms with Crippen molar-refractivity contribution in [1.82, 2.24) is 4.90 Å². The summed E-state index contributed by atoms with van der Waals surface area (Å²) in [7, 11) is 0. The van der Waals surface area contributed by atoms with Crippen molar-refractivity contribution < 1.29 is 27.6 Å². The van der Waals surface area contributed by atoms with Gasteiger partial charge in [-0.15, -0.1) is 0 Å². The van der Waals surface area contributed by atoms with Crippen molar-refractivity contribution >= 4 is 29.4 Å². The molecule has 0 N–H and O–H groups in total. The Kier molecular flexibility index (Phi) is 4.12. The molecule has 0 aliphatic carbocycles. The molecule has 0 radical (unpaired) electrons. The van der Waals surface area contributed by atoms with Gasteiger partial charge in [-0.25, -0.2) is 4.90 Å². The smallest absolute Gasteiger partial charge is 0.359 e. The Balaban J connectivity index is 1.67. The molecule has 5 rings (SSSR count). The lowest BCUT2D eigenvalue weighted by molar-refractivity contribution is -0.137. The first-order chi connectivity index (χ1) is 14.7. The third-order valence-electron chi connectivity index (χ3n) is 6.33. The van der Waals surface area contributed by atoms with Crippen LogP contribution in [0.25, 0.3) is 6.08 Å². The van der Waals surface area contributed by atoms with Crippen LogP contribution in [0.4, 0.5) is 18.9 Å². The Morgan fingerprint density at radius 2 is 1.58 bits per heavy atom. The van der Waals surface area contributed by atoms with Gasteiger partial charge in [-0.05, 0) is 36.3 Å². The van der Waals surface area contributed by atoms with Crippen LogP contribution in [0.15, 0.2) is 54.7 Å². The number of amides is 2. The average molecular weight is 426 g/mol. The molecular formula is C23H17F3N2O3. The number of benzene rings is 2. The molecule has 158 valence electrons. The van der Waals surface area contributed by atoms with Crippen LogP contribution in [0.3, 0.4) is 0 Å². The first-order valence-electron chi connectivity index (χ1n) is 9.81. The molecule has 2 aromatic rings. The van der Waals surface area contributed by atoms with E-state index in [1.165, 1.54) is 19.1 Å². The van der Waals surface area contributed by atoms with E-state index < -0.39 is 53.2 Å². The molecule has 8 heteroatoms. The molecule has 3 aliphatic heterocycles. The Hall–Kier alpha value is -3.42. The monoisotopic (exact) mass is 426 g/mol. The van der Waals surface area contributed by atoms with Crippen LogP contribution in [0.1, 0.15) is 29.7 Å². The maximum atomic E-state index is 13.6. The lowest BCUT2D eigenvalue weighted by Gasteiger charge is -2.35. The van der Waals surface area contributed by atoms with Gasteiger partial charge < -0.3 is 4.90 Å². The van der Waals surface area contributed by atoms with Crippen LogP contribution < -0.4 is 4.90 Å². The van der Waals surface area contributed by atoms with E-state index in [4.69, 9.17) is 0 Å². The first-order valence-corrected chi connectivity index (χ1v) is 9.81. The van der Waals surface area contributed by atoms with Crippen LogP contribution in [0.2, 0.25) is 0 Å². The fourth-order valence-electron chi connectivity index (χ4n) is 5.17. The van der Waals surface area contributed by atoms with E-state index in [0.717, 1.165) is 23.3 Å². The minimum atomic E-state index is -4.74. The van der Waals surface area contributed by atoms with Gasteiger partial charge in [0.25, 0.3) is 0 Å². The molecule has 1 unspecified atom stereocenters. The minimum Gasteiger partial charge on any atom is -0.359 e. The third kappa shape index (κ3) is 2.67. The van der Waals surface area contributed by atoms with E-state index in [0.29, 0.717) is 4.90 Å². The Labute approximate surface area is 175 Å². The highest BCUT2D eigenvalue weighted by Crippen LogP contribution is 2.54. The first kappa shape index (κ1) is 19.5. The number of anilines is 1. The molecular weight excluding hydrogens is 409 g/mol. The van der Waals surface area contributed by atoms with Crippen molar-refractivity contribution in [3.63, 3.8) is 0 Å². The summed E-state index contributed by atoms with van der Waals surface area (Å²) >= 11 is 0. The molecule has 2 aromatic carbocycles. The second-order valence-electron chi connectivity index (χ2n) is 7.97. The van der Waals surface area contributed by atoms with Gasteiger partial charge in [0.2, 0.25) is 11.8 Å². The van der Waals surface area contributed by atoms with E-state index in [-0.39, 0.29) is 5.78 Å². The zero-order valence-corrected chi connectivity index (χ0v) is 16.3. The van der Waals surface area contributed by atoms with Gasteiger partial charge in [-0.1, -0.05) is 36.4 Å². The number of alkyl halides is 3. The predicted molar refractivity (Wildman–Crippen MR) is 105 cm³/mol. The highest BCUT2D eigenvalue weighted by molar-refractivity contribution is 6.24. The minimum absolute atomic E-state index is 0.311. The zero-order chi connectivity index (χ0) is 22.1. The summed E-state index contributed by atoms with van der Waals surface area (Å²) in [6, 6.07) is 10.3. The molecule has 2 fully saturated rings. The van der Waals surface area contributed by atoms with Gasteiger partial charge in [0, 0.05) is 6.20 Å². The summed E-state index contributed by atoms with van der Waals surface area (Å²) in [5, 5.41) is 0. The van der Waals surface area contributed by atoms with Crippen molar-refractivity contribution in [3.8, 4) is 0 Å². The van der Waals surface area contributed by atoms with E-state index >= 15 is 0 Å². The Bertz CT molecular complexity index is 1160. The number of hydrogen-bond donors (Lipinski definition) is 0. The standard InChI is InChI=1S/C23H17F3N2O3/c1-12(29)19-17-18(20-14-7-3-2-6-13(14)10-11-27(19)20)22(31)28(21(17)30)16-9-5-4-8-15(16)23(24,25)26/h2-11,17-20H,1H3/t17-,18+,19-,20?/m1/s1. The molecule has 3 aliphatic rings. The molecule has 0 aromatic heterocycles. The molecule has 4 atom stereocenters. The molecule has 2 saturated heterocycles. The molecule has 31 heavy (non-hydrogen) atoms. The number of hydrogen-bond acceptors (Lipinski definition) is 4. The number of para-hydroxylation sites is 1. The molecule has 0 saturated carbocycles. The summed E-state index contributed by atoms with van der Waals surface area (Å²) in [5.74, 6) is -3.79. The fraction of sp³-hybridized carbons (Fsp3) is 0.261. The van der Waals surface area contributed by atoms with E-state index in [2.05, 4.69) is 0 Å². The summed E-state index contributed by atoms with van der Waals surface area (Å²) in [6.45, 7) is 1.34. The number of ketones is 1. The number of halogens is 3. The lowest BCUT2D eigenvalue weighted by Crippen LogP contribution is -2.44. The van der Waals surface area contributed by atoms with Crippen LogP contribution in [-0.4, -0.2) is 28.5 Å². The topological polar surface area (TPSA) is 57.7 Å². The number of Topliss-reactive ketones (excluding diaryl/α,β-unsaturated/α-hetero) is 1. The van der Waals surface area contributed by atoms with Crippen LogP contribution in [-0.2, 0) is 20.6 Å². The van der Waals surface area contributed by atoms with Crippen molar-refractivity contribution in [2.45, 2.75) is 25.2 Å². The van der Waals surface area contributed by atoms with Gasteiger partial charge in [-0.2, -0.15) is 13.2 Å². The maximum absolute atomic E-state index is 13.6. The quantitative estimate of drug-likeness (QED) is 0.686. The third-order valence-corrected chi connectivity index (χ3v) is 6.33. The van der Waals surface area contributed by atoms with E-state index in [1.807, 2.05) is 24.3 Å². The molecule has 2 amide bonds. The van der Waals surface area contributed by atoms with Crippen LogP contribution in [0, 0.1) is 11.8 Å². The normalized spacial score (nSPS) is 26.7. The Morgan fingerprint density at radius 1 is 0.935 bits per heavy atom. The number of fused-ring (bicyclic) bond motifs is 5. The van der Waals surface area contributed by atoms with Gasteiger partial charge >= 0.3 is 6.18 Å². The van der Waals surface area contributed by atoms with Crippen molar-refractivity contribution in [1.29, 1.82) is 0 Å². The maximum Gasteiger partial charge on any atom is 0.418 e. The van der Waals surface area contributed by atoms with Crippen molar-refractivity contribution in [2.24, 2.45) is 11.8 Å². The lowest BCUT2D eigenvalue weighted by atomic mass is 9.84. The van der Waals surface area contributed by atoms with E-state index in [9.17, 15) is 27.6 Å². The summed E-state index contributed by atoms with van der Waals surface area (Å²) in [6.07, 6.45) is -1.22. The predicted octanol–water partition coefficient (Wildman–Crippen LogP) is 3.81. The number of imide groups is 1. The molecule has 3 heterocycles. The second kappa shape index (κ2) is 6.54. The summed E-state index contributed by atoms with van der Waals surface area (Å²) < 4.78 is 40.8. The zero-order valence-electron chi connectivity index (χ0n) is 16.3. The number of nitrogens with zero attached hydrogens (tertiary/aromatic N) is 2. The number of carbonyl (C=O) groups excluding carboxylic acids is 3. The van der Waals surface area contributed by atoms with Gasteiger partial charge in [0.05, 0.1) is 35.2 Å². The van der Waals surface area contributed by atoms with Crippen molar-refractivity contribution in [2.75, 3.05) is 4.90 Å². The van der Waals surface area contributed by atoms with Gasteiger partial charge in [-0.3, -0.25) is 14.4 Å². The summed E-state index contributed by atoms with van der Waals surface area (Å²) in [5.41, 5.74) is 0.0710. The number of rotatable bonds is 2. The van der Waals surface area contributed by atoms with Crippen LogP contribution >= 0.6 is 0 Å². The molecule has 0 spiro atoms. The largest absolute Gasteiger partial charge is 0.418 e. The van der Waals surface area contributed by atoms with E-state index in [1.54, 1.807) is 17.2 Å². The van der Waals surface area contributed by atoms with Gasteiger partial charge in [0.1, 0.15) is 0 Å². The SMILES string of the molecule is CC(=O)[C@@H]1[C@@H]2C(=O)N(c3ccccc3C(F)(F)F)C(=O)[C@@H]2C2c3ccccc3C=CN21. The highest BCUT2D eigenvalue weighted by Gasteiger charge is 2.64. The average Bonchev–Trinajstić information content (AvgIpc) is 3.20. The molecule has 0 bridgehead atoms. The van der Waals surface area contributed by atoms with Crippen LogP contribution in [0.5, 0.6) is 0 Å². The Morgan fingerprint density at radius 3 is 2.29 bits per heavy atom. The van der Waals surface area contributed by atoms with Gasteiger partial charge in [0.15, 0.2) is 5.78 Å².